The van der Waals surface area contributed by atoms with Crippen LogP contribution in [0, 0.1) is 0 Å². The molecule has 18 heavy (non-hydrogen) atoms. The van der Waals surface area contributed by atoms with Gasteiger partial charge in [0.25, 0.3) is 0 Å². The SMILES string of the molecule is COCCOc1ccccc1-c1cccc(O)c1. The molecule has 0 saturated carbocycles. The zero-order valence-corrected chi connectivity index (χ0v) is 10.3. The molecule has 94 valence electrons. The van der Waals surface area contributed by atoms with Crippen LogP contribution >= 0.6 is 0 Å². The summed E-state index contributed by atoms with van der Waals surface area (Å²) in [6, 6.07) is 14.9. The summed E-state index contributed by atoms with van der Waals surface area (Å²) in [5.41, 5.74) is 1.90. The van der Waals surface area contributed by atoms with Gasteiger partial charge in [0.05, 0.1) is 6.61 Å². The second-order valence-corrected chi connectivity index (χ2v) is 3.89. The highest BCUT2D eigenvalue weighted by atomic mass is 16.5. The lowest BCUT2D eigenvalue weighted by Gasteiger charge is -2.11. The number of hydrogen-bond donors (Lipinski definition) is 1. The van der Waals surface area contributed by atoms with Crippen LogP contribution in [0.15, 0.2) is 48.5 Å². The van der Waals surface area contributed by atoms with E-state index in [1.165, 1.54) is 0 Å². The summed E-state index contributed by atoms with van der Waals surface area (Å²) in [7, 11) is 1.64. The van der Waals surface area contributed by atoms with Crippen molar-refractivity contribution in [3.05, 3.63) is 48.5 Å². The van der Waals surface area contributed by atoms with Gasteiger partial charge in [0.1, 0.15) is 18.1 Å². The molecule has 0 aliphatic heterocycles. The van der Waals surface area contributed by atoms with Gasteiger partial charge in [-0.25, -0.2) is 0 Å². The quantitative estimate of drug-likeness (QED) is 0.821. The van der Waals surface area contributed by atoms with Gasteiger partial charge in [0.2, 0.25) is 0 Å². The maximum atomic E-state index is 9.52. The zero-order chi connectivity index (χ0) is 12.8. The third-order valence-electron chi connectivity index (χ3n) is 2.59. The predicted molar refractivity (Wildman–Crippen MR) is 70.9 cm³/mol. The minimum atomic E-state index is 0.249. The molecule has 0 heterocycles. The van der Waals surface area contributed by atoms with E-state index in [4.69, 9.17) is 9.47 Å². The van der Waals surface area contributed by atoms with E-state index >= 15 is 0 Å². The van der Waals surface area contributed by atoms with Crippen LogP contribution in [0.2, 0.25) is 0 Å². The van der Waals surface area contributed by atoms with Gasteiger partial charge in [0, 0.05) is 12.7 Å². The molecule has 1 N–H and O–H groups in total. The molecule has 0 unspecified atom stereocenters. The first-order valence-electron chi connectivity index (χ1n) is 5.81. The summed E-state index contributed by atoms with van der Waals surface area (Å²) in [5.74, 6) is 1.04. The van der Waals surface area contributed by atoms with Crippen LogP contribution in [-0.2, 0) is 4.74 Å². The van der Waals surface area contributed by atoms with Gasteiger partial charge >= 0.3 is 0 Å². The average molecular weight is 244 g/mol. The number of phenols is 1. The Morgan fingerprint density at radius 2 is 1.83 bits per heavy atom. The molecule has 0 aliphatic carbocycles. The van der Waals surface area contributed by atoms with Crippen LogP contribution in [0.3, 0.4) is 0 Å². The molecule has 0 atom stereocenters. The summed E-state index contributed by atoms with van der Waals surface area (Å²) in [4.78, 5) is 0. The molecular formula is C15H16O3. The topological polar surface area (TPSA) is 38.7 Å². The van der Waals surface area contributed by atoms with Gasteiger partial charge in [-0.15, -0.1) is 0 Å². The molecule has 2 aromatic rings. The molecule has 0 spiro atoms. The van der Waals surface area contributed by atoms with Crippen molar-refractivity contribution in [3.8, 4) is 22.6 Å². The number of ether oxygens (including phenoxy) is 2. The highest BCUT2D eigenvalue weighted by molar-refractivity contribution is 5.71. The Morgan fingerprint density at radius 1 is 1.00 bits per heavy atom. The Morgan fingerprint density at radius 3 is 2.61 bits per heavy atom. The Kier molecular flexibility index (Phi) is 4.20. The highest BCUT2D eigenvalue weighted by Gasteiger charge is 2.06. The molecule has 0 amide bonds. The molecule has 2 rings (SSSR count). The Balaban J connectivity index is 2.27. The van der Waals surface area contributed by atoms with Crippen LogP contribution < -0.4 is 4.74 Å². The molecule has 0 aliphatic rings. The molecule has 3 nitrogen and oxygen atoms in total. The molecule has 0 bridgehead atoms. The van der Waals surface area contributed by atoms with Crippen LogP contribution in [0.4, 0.5) is 0 Å². The number of hydrogen-bond acceptors (Lipinski definition) is 3. The van der Waals surface area contributed by atoms with Crippen molar-refractivity contribution >= 4 is 0 Å². The van der Waals surface area contributed by atoms with Crippen LogP contribution in [0.25, 0.3) is 11.1 Å². The van der Waals surface area contributed by atoms with Crippen molar-refractivity contribution in [3.63, 3.8) is 0 Å². The summed E-state index contributed by atoms with van der Waals surface area (Å²) >= 11 is 0. The monoisotopic (exact) mass is 244 g/mol. The van der Waals surface area contributed by atoms with Gasteiger partial charge in [0.15, 0.2) is 0 Å². The summed E-state index contributed by atoms with van der Waals surface area (Å²) in [6.45, 7) is 1.06. The molecule has 0 radical (unpaired) electrons. The fourth-order valence-electron chi connectivity index (χ4n) is 1.74. The molecule has 0 fully saturated rings. The van der Waals surface area contributed by atoms with Crippen molar-refractivity contribution < 1.29 is 14.6 Å². The van der Waals surface area contributed by atoms with Crippen molar-refractivity contribution in [1.29, 1.82) is 0 Å². The van der Waals surface area contributed by atoms with Gasteiger partial charge < -0.3 is 14.6 Å². The number of aromatic hydroxyl groups is 1. The molecule has 2 aromatic carbocycles. The maximum Gasteiger partial charge on any atom is 0.127 e. The Hall–Kier alpha value is -2.00. The molecule has 3 heteroatoms. The lowest BCUT2D eigenvalue weighted by Crippen LogP contribution is -2.04. The number of rotatable bonds is 5. The normalized spacial score (nSPS) is 10.3. The van der Waals surface area contributed by atoms with E-state index < -0.39 is 0 Å². The van der Waals surface area contributed by atoms with Crippen molar-refractivity contribution in [2.45, 2.75) is 0 Å². The summed E-state index contributed by atoms with van der Waals surface area (Å²) < 4.78 is 10.6. The van der Waals surface area contributed by atoms with E-state index in [2.05, 4.69) is 0 Å². The van der Waals surface area contributed by atoms with Crippen LogP contribution in [0.5, 0.6) is 11.5 Å². The third-order valence-corrected chi connectivity index (χ3v) is 2.59. The van der Waals surface area contributed by atoms with Gasteiger partial charge in [-0.3, -0.25) is 0 Å². The zero-order valence-electron chi connectivity index (χ0n) is 10.3. The van der Waals surface area contributed by atoms with Crippen LogP contribution in [-0.4, -0.2) is 25.4 Å². The molecule has 0 aromatic heterocycles. The smallest absolute Gasteiger partial charge is 0.127 e. The first kappa shape index (κ1) is 12.5. The van der Waals surface area contributed by atoms with Gasteiger partial charge in [-0.05, 0) is 23.8 Å². The van der Waals surface area contributed by atoms with Gasteiger partial charge in [-0.1, -0.05) is 30.3 Å². The fourth-order valence-corrected chi connectivity index (χ4v) is 1.74. The third kappa shape index (κ3) is 3.02. The first-order valence-corrected chi connectivity index (χ1v) is 5.81. The number of methoxy groups -OCH3 is 1. The fraction of sp³-hybridized carbons (Fsp3) is 0.200. The second-order valence-electron chi connectivity index (χ2n) is 3.89. The van der Waals surface area contributed by atoms with Crippen molar-refractivity contribution in [1.82, 2.24) is 0 Å². The minimum Gasteiger partial charge on any atom is -0.508 e. The van der Waals surface area contributed by atoms with E-state index in [1.54, 1.807) is 19.2 Å². The van der Waals surface area contributed by atoms with E-state index in [9.17, 15) is 5.11 Å². The second kappa shape index (κ2) is 6.07. The molecule has 0 saturated heterocycles. The maximum absolute atomic E-state index is 9.52. The number of para-hydroxylation sites is 1. The highest BCUT2D eigenvalue weighted by Crippen LogP contribution is 2.31. The first-order chi connectivity index (χ1) is 8.81. The number of benzene rings is 2. The minimum absolute atomic E-state index is 0.249. The van der Waals surface area contributed by atoms with E-state index in [1.807, 2.05) is 36.4 Å². The van der Waals surface area contributed by atoms with Gasteiger partial charge in [-0.2, -0.15) is 0 Å². The van der Waals surface area contributed by atoms with E-state index in [0.717, 1.165) is 16.9 Å². The Bertz CT molecular complexity index is 509. The summed E-state index contributed by atoms with van der Waals surface area (Å²) in [5, 5.41) is 9.52. The van der Waals surface area contributed by atoms with Crippen molar-refractivity contribution in [2.75, 3.05) is 20.3 Å². The average Bonchev–Trinajstić information content (AvgIpc) is 2.40. The lowest BCUT2D eigenvalue weighted by molar-refractivity contribution is 0.146. The van der Waals surface area contributed by atoms with E-state index in [-0.39, 0.29) is 5.75 Å². The Labute approximate surface area is 107 Å². The standard InChI is InChI=1S/C15H16O3/c1-17-9-10-18-15-8-3-2-7-14(15)12-5-4-6-13(16)11-12/h2-8,11,16H,9-10H2,1H3. The van der Waals surface area contributed by atoms with E-state index in [0.29, 0.717) is 13.2 Å². The number of phenolic OH excluding ortho intramolecular Hbond substituents is 1. The largest absolute Gasteiger partial charge is 0.508 e. The molecular weight excluding hydrogens is 228 g/mol. The summed E-state index contributed by atoms with van der Waals surface area (Å²) in [6.07, 6.45) is 0. The predicted octanol–water partition coefficient (Wildman–Crippen LogP) is 3.08. The van der Waals surface area contributed by atoms with Crippen LogP contribution in [0.1, 0.15) is 0 Å². The lowest BCUT2D eigenvalue weighted by atomic mass is 10.0. The van der Waals surface area contributed by atoms with Crippen molar-refractivity contribution in [2.24, 2.45) is 0 Å².